The van der Waals surface area contributed by atoms with Gasteiger partial charge in [0, 0.05) is 25.4 Å². The number of nitrogens with zero attached hydrogens (tertiary/aromatic N) is 1. The molecule has 4 atom stereocenters. The lowest BCUT2D eigenvalue weighted by molar-refractivity contribution is -0.147. The number of rotatable bonds is 14. The summed E-state index contributed by atoms with van der Waals surface area (Å²) in [5.41, 5.74) is -0.833. The molecule has 2 aliphatic rings. The molecule has 262 valence electrons. The highest BCUT2D eigenvalue weighted by molar-refractivity contribution is 6.38. The van der Waals surface area contributed by atoms with Gasteiger partial charge in [0.25, 0.3) is 5.91 Å². The minimum Gasteiger partial charge on any atom is -0.346 e. The molecule has 1 aliphatic heterocycles. The highest BCUT2D eigenvalue weighted by Gasteiger charge is 2.44. The Hall–Kier alpha value is -3.45. The number of likely N-dealkylation sites (tertiary alicyclic amines) is 1. The van der Waals surface area contributed by atoms with Crippen molar-refractivity contribution in [3.8, 4) is 0 Å². The zero-order chi connectivity index (χ0) is 35.4. The maximum absolute atomic E-state index is 13.8. The topological polar surface area (TPSA) is 154 Å². The van der Waals surface area contributed by atoms with Crippen LogP contribution in [-0.2, 0) is 24.0 Å². The minimum atomic E-state index is -4.64. The van der Waals surface area contributed by atoms with Gasteiger partial charge in [-0.2, -0.15) is 13.2 Å². The maximum Gasteiger partial charge on any atom is 0.389 e. The van der Waals surface area contributed by atoms with Crippen molar-refractivity contribution in [3.63, 3.8) is 0 Å². The van der Waals surface area contributed by atoms with Crippen molar-refractivity contribution in [1.29, 1.82) is 0 Å². The Morgan fingerprint density at radius 1 is 0.957 bits per heavy atom. The van der Waals surface area contributed by atoms with Crippen LogP contribution in [0.1, 0.15) is 93.4 Å². The Bertz CT molecular complexity index is 1100. The lowest BCUT2D eigenvalue weighted by Gasteiger charge is -2.36. The summed E-state index contributed by atoms with van der Waals surface area (Å²) in [6.07, 6.45) is -2.29. The molecule has 11 nitrogen and oxygen atoms in total. The van der Waals surface area contributed by atoms with Crippen molar-refractivity contribution in [2.75, 3.05) is 13.1 Å². The predicted octanol–water partition coefficient (Wildman–Crippen LogP) is 3.81. The fraction of sp³-hybridized carbons (Fsp3) is 0.750. The van der Waals surface area contributed by atoms with E-state index in [2.05, 4.69) is 41.7 Å². The van der Waals surface area contributed by atoms with E-state index in [0.29, 0.717) is 6.42 Å². The Kier molecular flexibility index (Phi) is 15.9. The molecule has 1 aliphatic carbocycles. The second-order valence-corrected chi connectivity index (χ2v) is 13.3. The minimum absolute atomic E-state index is 0.0622. The summed E-state index contributed by atoms with van der Waals surface area (Å²) in [5, 5.41) is 9.79. The van der Waals surface area contributed by atoms with Crippen LogP contribution >= 0.6 is 0 Å². The van der Waals surface area contributed by atoms with E-state index in [9.17, 15) is 41.9 Å². The molecule has 0 aromatic carbocycles. The number of carbonyl (C=O) groups excluding carboxylic acids is 6. The van der Waals surface area contributed by atoms with E-state index in [4.69, 9.17) is 0 Å². The number of ketones is 2. The number of hydrogen-bond acceptors (Lipinski definition) is 6. The third-order valence-electron chi connectivity index (χ3n) is 7.45. The quantitative estimate of drug-likeness (QED) is 0.164. The first-order valence-electron chi connectivity index (χ1n) is 16.0. The van der Waals surface area contributed by atoms with Crippen LogP contribution in [0.2, 0.25) is 0 Å². The number of carbonyl (C=O) groups is 6. The molecule has 0 bridgehead atoms. The van der Waals surface area contributed by atoms with Gasteiger partial charge in [-0.25, -0.2) is 4.79 Å². The van der Waals surface area contributed by atoms with Gasteiger partial charge in [-0.15, -0.1) is 6.58 Å². The molecule has 1 saturated heterocycles. The molecule has 0 aromatic rings. The standard InChI is InChI=1S/C29H44F3N5O6.C3H8/c1-7-14-33-25(41)22(39)18(12-13-29(30,31)32)34-24(40)19-9-8-15-37(19)26(42)23(28(4,5)6)36-27(43)35-20(16(2)3)21(38)17-10-11-17;1-3-2/h7,16-20,23H,1,8-15H2,2-6H3,(H,33,41)(H,34,40)(H2,35,36,43);3H2,1-2H3. The fourth-order valence-electron chi connectivity index (χ4n) is 4.87. The molecule has 4 unspecified atom stereocenters. The number of Topliss-reactive ketones (excluding diaryl/α,β-unsaturated/α-hetero) is 2. The molecular formula is C32H52F3N5O6. The Balaban J connectivity index is 0.00000338. The van der Waals surface area contributed by atoms with E-state index >= 15 is 0 Å². The van der Waals surface area contributed by atoms with E-state index in [0.717, 1.165) is 12.8 Å². The van der Waals surface area contributed by atoms with Crippen LogP contribution < -0.4 is 21.3 Å². The van der Waals surface area contributed by atoms with Crippen molar-refractivity contribution < 1.29 is 41.9 Å². The van der Waals surface area contributed by atoms with Crippen LogP contribution in [-0.4, -0.2) is 83.7 Å². The van der Waals surface area contributed by atoms with Crippen LogP contribution in [0.5, 0.6) is 0 Å². The van der Waals surface area contributed by atoms with E-state index in [1.165, 1.54) is 17.4 Å². The van der Waals surface area contributed by atoms with Crippen molar-refractivity contribution in [3.05, 3.63) is 12.7 Å². The summed E-state index contributed by atoms with van der Waals surface area (Å²) in [5.74, 6) is -4.23. The molecule has 4 N–H and O–H groups in total. The summed E-state index contributed by atoms with van der Waals surface area (Å²) in [6.45, 7) is 16.4. The zero-order valence-electron chi connectivity index (χ0n) is 28.1. The van der Waals surface area contributed by atoms with Crippen LogP contribution in [0.4, 0.5) is 18.0 Å². The largest absolute Gasteiger partial charge is 0.389 e. The van der Waals surface area contributed by atoms with Crippen LogP contribution in [0, 0.1) is 17.3 Å². The zero-order valence-corrected chi connectivity index (χ0v) is 28.1. The molecule has 1 saturated carbocycles. The smallest absolute Gasteiger partial charge is 0.346 e. The van der Waals surface area contributed by atoms with E-state index in [1.54, 1.807) is 34.6 Å². The number of alkyl halides is 3. The first-order valence-corrected chi connectivity index (χ1v) is 16.0. The van der Waals surface area contributed by atoms with E-state index in [-0.39, 0.29) is 37.1 Å². The Morgan fingerprint density at radius 3 is 2.02 bits per heavy atom. The molecule has 0 radical (unpaired) electrons. The molecule has 2 fully saturated rings. The molecular weight excluding hydrogens is 607 g/mol. The van der Waals surface area contributed by atoms with Crippen LogP contribution in [0.3, 0.4) is 0 Å². The second kappa shape index (κ2) is 18.0. The van der Waals surface area contributed by atoms with Gasteiger partial charge in [0.1, 0.15) is 12.1 Å². The number of nitrogens with one attached hydrogen (secondary N) is 4. The van der Waals surface area contributed by atoms with Gasteiger partial charge in [-0.05, 0) is 43.4 Å². The van der Waals surface area contributed by atoms with Crippen LogP contribution in [0.15, 0.2) is 12.7 Å². The number of halogens is 3. The average Bonchev–Trinajstić information content (AvgIpc) is 3.69. The molecule has 5 amide bonds. The van der Waals surface area contributed by atoms with Gasteiger partial charge in [0.15, 0.2) is 5.78 Å². The number of amides is 5. The van der Waals surface area contributed by atoms with E-state index in [1.807, 2.05) is 0 Å². The summed E-state index contributed by atoms with van der Waals surface area (Å²) in [4.78, 5) is 78.8. The summed E-state index contributed by atoms with van der Waals surface area (Å²) in [6, 6.07) is -5.49. The normalized spacial score (nSPS) is 18.3. The van der Waals surface area contributed by atoms with E-state index < -0.39 is 78.1 Å². The molecule has 0 spiro atoms. The van der Waals surface area contributed by atoms with Crippen molar-refractivity contribution in [1.82, 2.24) is 26.2 Å². The summed E-state index contributed by atoms with van der Waals surface area (Å²) < 4.78 is 38.9. The van der Waals surface area contributed by atoms with Gasteiger partial charge in [-0.1, -0.05) is 61.0 Å². The van der Waals surface area contributed by atoms with Crippen molar-refractivity contribution >= 4 is 35.3 Å². The molecule has 1 heterocycles. The summed E-state index contributed by atoms with van der Waals surface area (Å²) in [7, 11) is 0. The molecule has 46 heavy (non-hydrogen) atoms. The van der Waals surface area contributed by atoms with Gasteiger partial charge in [-0.3, -0.25) is 24.0 Å². The van der Waals surface area contributed by atoms with Gasteiger partial charge in [0.05, 0.1) is 12.1 Å². The van der Waals surface area contributed by atoms with Gasteiger partial charge < -0.3 is 26.2 Å². The highest BCUT2D eigenvalue weighted by Crippen LogP contribution is 2.32. The maximum atomic E-state index is 13.8. The van der Waals surface area contributed by atoms with Crippen molar-refractivity contribution in [2.45, 2.75) is 124 Å². The Morgan fingerprint density at radius 2 is 1.54 bits per heavy atom. The highest BCUT2D eigenvalue weighted by atomic mass is 19.4. The average molecular weight is 660 g/mol. The number of urea groups is 1. The van der Waals surface area contributed by atoms with Crippen molar-refractivity contribution in [2.24, 2.45) is 17.3 Å². The third kappa shape index (κ3) is 13.1. The lowest BCUT2D eigenvalue weighted by Crippen LogP contribution is -2.61. The Labute approximate surface area is 270 Å². The van der Waals surface area contributed by atoms with Gasteiger partial charge >= 0.3 is 12.2 Å². The second-order valence-electron chi connectivity index (χ2n) is 13.3. The summed E-state index contributed by atoms with van der Waals surface area (Å²) >= 11 is 0. The molecule has 0 aromatic heterocycles. The molecule has 14 heteroatoms. The number of hydrogen-bond donors (Lipinski definition) is 4. The SMILES string of the molecule is C=CCNC(=O)C(=O)C(CCC(F)(F)F)NC(=O)C1CCCN1C(=O)C(NC(=O)NC(C(=O)C1CC1)C(C)C)C(C)(C)C.CCC. The molecule has 2 rings (SSSR count). The van der Waals surface area contributed by atoms with Gasteiger partial charge in [0.2, 0.25) is 17.6 Å². The lowest BCUT2D eigenvalue weighted by atomic mass is 9.85. The first-order chi connectivity index (χ1) is 21.3. The fourth-order valence-corrected chi connectivity index (χ4v) is 4.87. The third-order valence-corrected chi connectivity index (χ3v) is 7.45. The van der Waals surface area contributed by atoms with Crippen LogP contribution in [0.25, 0.3) is 0 Å². The predicted molar refractivity (Wildman–Crippen MR) is 167 cm³/mol. The first kappa shape index (κ1) is 40.6. The monoisotopic (exact) mass is 659 g/mol.